The highest BCUT2D eigenvalue weighted by molar-refractivity contribution is 7.99. The number of phenols is 1. The van der Waals surface area contributed by atoms with Crippen LogP contribution in [-0.4, -0.2) is 17.4 Å². The molecular formula is C20H27NOS. The predicted octanol–water partition coefficient (Wildman–Crippen LogP) is 5.70. The number of phenolic OH excluding ortho intramolecular Hbond substituents is 1. The van der Waals surface area contributed by atoms with Crippen molar-refractivity contribution in [1.29, 1.82) is 0 Å². The zero-order chi connectivity index (χ0) is 16.5. The van der Waals surface area contributed by atoms with E-state index in [0.29, 0.717) is 5.75 Å². The molecule has 0 bridgehead atoms. The monoisotopic (exact) mass is 329 g/mol. The molecule has 0 aliphatic heterocycles. The third kappa shape index (κ3) is 5.21. The highest BCUT2D eigenvalue weighted by Crippen LogP contribution is 2.32. The molecule has 0 saturated heterocycles. The van der Waals surface area contributed by atoms with E-state index >= 15 is 0 Å². The van der Waals surface area contributed by atoms with E-state index in [1.165, 1.54) is 23.4 Å². The van der Waals surface area contributed by atoms with Crippen molar-refractivity contribution in [3.05, 3.63) is 54.1 Å². The highest BCUT2D eigenvalue weighted by atomic mass is 32.2. The zero-order valence-electron chi connectivity index (χ0n) is 14.2. The minimum Gasteiger partial charge on any atom is -0.508 e. The third-order valence-electron chi connectivity index (χ3n) is 3.80. The van der Waals surface area contributed by atoms with E-state index in [2.05, 4.69) is 43.0 Å². The fourth-order valence-corrected chi connectivity index (χ4v) is 3.48. The van der Waals surface area contributed by atoms with E-state index in [-0.39, 0.29) is 0 Å². The summed E-state index contributed by atoms with van der Waals surface area (Å²) in [5, 5.41) is 10.1. The van der Waals surface area contributed by atoms with E-state index in [4.69, 9.17) is 0 Å². The Morgan fingerprint density at radius 1 is 0.957 bits per heavy atom. The van der Waals surface area contributed by atoms with Crippen molar-refractivity contribution in [2.24, 2.45) is 0 Å². The van der Waals surface area contributed by atoms with Gasteiger partial charge in [0, 0.05) is 23.5 Å². The Morgan fingerprint density at radius 2 is 1.70 bits per heavy atom. The summed E-state index contributed by atoms with van der Waals surface area (Å²) in [5.41, 5.74) is 2.27. The van der Waals surface area contributed by atoms with Crippen LogP contribution in [0.5, 0.6) is 5.75 Å². The molecule has 0 saturated carbocycles. The van der Waals surface area contributed by atoms with Gasteiger partial charge >= 0.3 is 0 Å². The molecule has 0 amide bonds. The molecule has 0 aliphatic carbocycles. The minimum atomic E-state index is 0.382. The molecule has 2 nitrogen and oxygen atoms in total. The number of anilines is 1. The first-order valence-electron chi connectivity index (χ1n) is 8.49. The molecule has 0 atom stereocenters. The summed E-state index contributed by atoms with van der Waals surface area (Å²) in [6, 6.07) is 16.3. The Kier molecular flexibility index (Phi) is 7.34. The average molecular weight is 330 g/mol. The molecule has 0 radical (unpaired) electrons. The standard InChI is InChI=1S/C20H27NOS/c1-3-5-14-21(16-17-10-6-8-12-19(17)22)18-11-7-9-13-20(18)23-15-4-2/h6-13,22H,3-5,14-16H2,1-2H3. The summed E-state index contributed by atoms with van der Waals surface area (Å²) in [6.45, 7) is 6.19. The van der Waals surface area contributed by atoms with Gasteiger partial charge in [-0.15, -0.1) is 11.8 Å². The van der Waals surface area contributed by atoms with Crippen molar-refractivity contribution in [2.75, 3.05) is 17.2 Å². The summed E-state index contributed by atoms with van der Waals surface area (Å²) in [6.07, 6.45) is 3.50. The van der Waals surface area contributed by atoms with Crippen LogP contribution in [0.3, 0.4) is 0 Å². The van der Waals surface area contributed by atoms with Gasteiger partial charge in [0.05, 0.1) is 5.69 Å². The van der Waals surface area contributed by atoms with Gasteiger partial charge in [-0.05, 0) is 36.8 Å². The normalized spacial score (nSPS) is 10.7. The highest BCUT2D eigenvalue weighted by Gasteiger charge is 2.13. The lowest BCUT2D eigenvalue weighted by Gasteiger charge is -2.27. The van der Waals surface area contributed by atoms with Gasteiger partial charge in [0.25, 0.3) is 0 Å². The Labute approximate surface area is 144 Å². The van der Waals surface area contributed by atoms with Crippen LogP contribution in [0.25, 0.3) is 0 Å². The van der Waals surface area contributed by atoms with E-state index in [0.717, 1.165) is 30.8 Å². The molecule has 1 N–H and O–H groups in total. The molecule has 2 aromatic rings. The molecule has 3 heteroatoms. The van der Waals surface area contributed by atoms with Gasteiger partial charge in [0.2, 0.25) is 0 Å². The van der Waals surface area contributed by atoms with Gasteiger partial charge in [0.1, 0.15) is 5.75 Å². The Bertz CT molecular complexity index is 600. The van der Waals surface area contributed by atoms with E-state index < -0.39 is 0 Å². The molecule has 0 aromatic heterocycles. The second kappa shape index (κ2) is 9.51. The smallest absolute Gasteiger partial charge is 0.120 e. The Balaban J connectivity index is 2.26. The molecule has 0 spiro atoms. The van der Waals surface area contributed by atoms with Crippen LogP contribution < -0.4 is 4.90 Å². The number of para-hydroxylation sites is 2. The number of nitrogens with zero attached hydrogens (tertiary/aromatic N) is 1. The Morgan fingerprint density at radius 3 is 2.43 bits per heavy atom. The summed E-state index contributed by atoms with van der Waals surface area (Å²) < 4.78 is 0. The second-order valence-electron chi connectivity index (χ2n) is 5.72. The van der Waals surface area contributed by atoms with Gasteiger partial charge in [-0.3, -0.25) is 0 Å². The predicted molar refractivity (Wildman–Crippen MR) is 102 cm³/mol. The number of unbranched alkanes of at least 4 members (excludes halogenated alkanes) is 1. The lowest BCUT2D eigenvalue weighted by molar-refractivity contribution is 0.467. The summed E-state index contributed by atoms with van der Waals surface area (Å²) >= 11 is 1.92. The lowest BCUT2D eigenvalue weighted by atomic mass is 10.1. The average Bonchev–Trinajstić information content (AvgIpc) is 2.58. The number of hydrogen-bond acceptors (Lipinski definition) is 3. The van der Waals surface area contributed by atoms with E-state index in [1.54, 1.807) is 6.07 Å². The van der Waals surface area contributed by atoms with Crippen molar-refractivity contribution < 1.29 is 5.11 Å². The van der Waals surface area contributed by atoms with Crippen LogP contribution in [0, 0.1) is 0 Å². The molecule has 2 aromatic carbocycles. The van der Waals surface area contributed by atoms with Crippen molar-refractivity contribution in [1.82, 2.24) is 0 Å². The van der Waals surface area contributed by atoms with Crippen LogP contribution in [0.2, 0.25) is 0 Å². The molecule has 0 heterocycles. The zero-order valence-corrected chi connectivity index (χ0v) is 15.0. The quantitative estimate of drug-likeness (QED) is 0.597. The minimum absolute atomic E-state index is 0.382. The van der Waals surface area contributed by atoms with Gasteiger partial charge in [-0.2, -0.15) is 0 Å². The van der Waals surface area contributed by atoms with Crippen molar-refractivity contribution >= 4 is 17.4 Å². The van der Waals surface area contributed by atoms with Crippen LogP contribution in [0.1, 0.15) is 38.7 Å². The maximum Gasteiger partial charge on any atom is 0.120 e. The topological polar surface area (TPSA) is 23.5 Å². The van der Waals surface area contributed by atoms with Gasteiger partial charge in [-0.1, -0.05) is 50.6 Å². The van der Waals surface area contributed by atoms with Crippen molar-refractivity contribution in [3.63, 3.8) is 0 Å². The van der Waals surface area contributed by atoms with Crippen molar-refractivity contribution in [3.8, 4) is 5.75 Å². The lowest BCUT2D eigenvalue weighted by Crippen LogP contribution is -2.24. The molecule has 23 heavy (non-hydrogen) atoms. The maximum atomic E-state index is 10.1. The van der Waals surface area contributed by atoms with Crippen molar-refractivity contribution in [2.45, 2.75) is 44.6 Å². The molecule has 0 unspecified atom stereocenters. The Hall–Kier alpha value is -1.61. The van der Waals surface area contributed by atoms with Crippen LogP contribution in [0.4, 0.5) is 5.69 Å². The summed E-state index contributed by atoms with van der Waals surface area (Å²) in [5.74, 6) is 1.52. The number of rotatable bonds is 9. The summed E-state index contributed by atoms with van der Waals surface area (Å²) in [4.78, 5) is 3.73. The fraction of sp³-hybridized carbons (Fsp3) is 0.400. The fourth-order valence-electron chi connectivity index (χ4n) is 2.54. The number of thioether (sulfide) groups is 1. The second-order valence-corrected chi connectivity index (χ2v) is 6.86. The number of benzene rings is 2. The maximum absolute atomic E-state index is 10.1. The summed E-state index contributed by atoms with van der Waals surface area (Å²) in [7, 11) is 0. The number of hydrogen-bond donors (Lipinski definition) is 1. The van der Waals surface area contributed by atoms with Crippen LogP contribution >= 0.6 is 11.8 Å². The number of aromatic hydroxyl groups is 1. The SMILES string of the molecule is CCCCN(Cc1ccccc1O)c1ccccc1SCCC. The van der Waals surface area contributed by atoms with Gasteiger partial charge < -0.3 is 10.0 Å². The first-order valence-corrected chi connectivity index (χ1v) is 9.48. The molecule has 124 valence electrons. The van der Waals surface area contributed by atoms with E-state index in [9.17, 15) is 5.11 Å². The van der Waals surface area contributed by atoms with Crippen LogP contribution in [0.15, 0.2) is 53.4 Å². The van der Waals surface area contributed by atoms with E-state index in [1.807, 2.05) is 30.0 Å². The first kappa shape index (κ1) is 17.7. The molecule has 2 rings (SSSR count). The molecule has 0 aliphatic rings. The molecule has 0 fully saturated rings. The first-order chi connectivity index (χ1) is 11.3. The van der Waals surface area contributed by atoms with Gasteiger partial charge in [0.15, 0.2) is 0 Å². The van der Waals surface area contributed by atoms with Crippen LogP contribution in [-0.2, 0) is 6.54 Å². The van der Waals surface area contributed by atoms with Gasteiger partial charge in [-0.25, -0.2) is 0 Å². The largest absolute Gasteiger partial charge is 0.508 e. The third-order valence-corrected chi connectivity index (χ3v) is 5.07. The molecular weight excluding hydrogens is 302 g/mol.